The van der Waals surface area contributed by atoms with Gasteiger partial charge in [0.25, 0.3) is 0 Å². The topological polar surface area (TPSA) is 57.0 Å². The van der Waals surface area contributed by atoms with E-state index in [2.05, 4.69) is 165 Å². The van der Waals surface area contributed by atoms with Crippen LogP contribution in [0.3, 0.4) is 0 Å². The number of rotatable bonds is 8. The summed E-state index contributed by atoms with van der Waals surface area (Å²) >= 11 is 0. The first-order valence-electron chi connectivity index (χ1n) is 19.5. The van der Waals surface area contributed by atoms with Gasteiger partial charge in [0.15, 0.2) is 0 Å². The van der Waals surface area contributed by atoms with Crippen LogP contribution < -0.4 is 10.5 Å². The normalized spacial score (nSPS) is 13.2. The van der Waals surface area contributed by atoms with E-state index < -0.39 is 16.1 Å². The van der Waals surface area contributed by atoms with Crippen molar-refractivity contribution in [3.05, 3.63) is 90.0 Å². The minimum atomic E-state index is -1.77. The quantitative estimate of drug-likeness (QED) is 0.146. The number of fused-ring (bicyclic) bond motifs is 7. The summed E-state index contributed by atoms with van der Waals surface area (Å²) in [5, 5.41) is 7.17. The molecule has 0 N–H and O–H groups in total. The molecule has 0 spiro atoms. The van der Waals surface area contributed by atoms with E-state index in [1.165, 1.54) is 27.1 Å². The Hall–Kier alpha value is -4.47. The second-order valence-corrected chi connectivity index (χ2v) is 28.1. The molecule has 53 heavy (non-hydrogen) atoms. The largest absolute Gasteiger partial charge is 0.456 e. The molecular formula is C46H53N3O2Si2. The lowest BCUT2D eigenvalue weighted by atomic mass is 9.89. The van der Waals surface area contributed by atoms with Crippen LogP contribution in [-0.2, 0) is 0 Å². The van der Waals surface area contributed by atoms with Crippen molar-refractivity contribution in [3.8, 4) is 17.1 Å². The molecule has 272 valence electrons. The molecule has 5 nitrogen and oxygen atoms in total. The first-order valence-corrected chi connectivity index (χ1v) is 25.6. The summed E-state index contributed by atoms with van der Waals surface area (Å²) in [5.41, 5.74) is 11.3. The van der Waals surface area contributed by atoms with Gasteiger partial charge in [0.2, 0.25) is 5.71 Å². The van der Waals surface area contributed by atoms with Crippen LogP contribution >= 0.6 is 0 Å². The molecule has 4 aromatic carbocycles. The van der Waals surface area contributed by atoms with Crippen molar-refractivity contribution in [1.82, 2.24) is 14.5 Å². The first-order chi connectivity index (χ1) is 25.1. The monoisotopic (exact) mass is 735 g/mol. The Morgan fingerprint density at radius 1 is 0.623 bits per heavy atom. The van der Waals surface area contributed by atoms with Gasteiger partial charge in [0.05, 0.1) is 30.4 Å². The number of benzene rings is 4. The number of imidazole rings is 1. The van der Waals surface area contributed by atoms with Crippen LogP contribution in [0.1, 0.15) is 78.4 Å². The van der Waals surface area contributed by atoms with Gasteiger partial charge in [0.1, 0.15) is 30.6 Å². The molecule has 4 aromatic heterocycles. The minimum Gasteiger partial charge on any atom is -0.456 e. The highest BCUT2D eigenvalue weighted by atomic mass is 28.3. The Kier molecular flexibility index (Phi) is 8.43. The molecule has 7 heteroatoms. The summed E-state index contributed by atoms with van der Waals surface area (Å²) in [7, 11) is -3.41. The van der Waals surface area contributed by atoms with Gasteiger partial charge in [-0.15, -0.1) is 0 Å². The van der Waals surface area contributed by atoms with E-state index in [1.54, 1.807) is 0 Å². The number of nitrogens with zero attached hydrogens (tertiary/aromatic N) is 3. The number of para-hydroxylation sites is 3. The average molecular weight is 736 g/mol. The molecule has 0 bridgehead atoms. The fourth-order valence-corrected chi connectivity index (χ4v) is 13.1. The third kappa shape index (κ3) is 5.45. The summed E-state index contributed by atoms with van der Waals surface area (Å²) in [6.45, 7) is 28.4. The molecule has 0 aliphatic carbocycles. The van der Waals surface area contributed by atoms with E-state index >= 15 is 0 Å². The predicted octanol–water partition coefficient (Wildman–Crippen LogP) is 12.8. The number of furan rings is 2. The lowest BCUT2D eigenvalue weighted by Gasteiger charge is -2.36. The van der Waals surface area contributed by atoms with E-state index in [9.17, 15) is 0 Å². The third-order valence-electron chi connectivity index (χ3n) is 12.2. The van der Waals surface area contributed by atoms with Crippen molar-refractivity contribution in [3.63, 3.8) is 0 Å². The molecule has 8 rings (SSSR count). The highest BCUT2D eigenvalue weighted by Crippen LogP contribution is 2.45. The predicted molar refractivity (Wildman–Crippen MR) is 231 cm³/mol. The fourth-order valence-electron chi connectivity index (χ4n) is 8.55. The second kappa shape index (κ2) is 12.6. The molecule has 0 fully saturated rings. The minimum absolute atomic E-state index is 0.178. The van der Waals surface area contributed by atoms with Crippen molar-refractivity contribution in [2.75, 3.05) is 0 Å². The summed E-state index contributed by atoms with van der Waals surface area (Å²) < 4.78 is 16.1. The van der Waals surface area contributed by atoms with Gasteiger partial charge in [-0.25, -0.2) is 9.97 Å². The van der Waals surface area contributed by atoms with E-state index in [-0.39, 0.29) is 11.8 Å². The Labute approximate surface area is 315 Å². The van der Waals surface area contributed by atoms with Gasteiger partial charge >= 0.3 is 0 Å². The smallest absolute Gasteiger partial charge is 0.227 e. The summed E-state index contributed by atoms with van der Waals surface area (Å²) in [5.74, 6) is 1.28. The van der Waals surface area contributed by atoms with Crippen LogP contribution in [0.5, 0.6) is 0 Å². The maximum absolute atomic E-state index is 6.97. The molecular weight excluding hydrogens is 683 g/mol. The highest BCUT2D eigenvalue weighted by molar-refractivity contribution is 6.93. The summed E-state index contributed by atoms with van der Waals surface area (Å²) in [6.07, 6.45) is 0. The molecule has 4 heterocycles. The molecule has 8 aromatic rings. The Morgan fingerprint density at radius 3 is 2.04 bits per heavy atom. The standard InChI is InChI=1S/C46H53N3O2Si2/c1-26(2)34-25-36-35-24-30(53(12,28(5)6)29(7)8)20-22-39(35)50-44(36)41(27(3)4)42(34)49-38-19-14-13-18-37(38)47-45(49)33-17-15-16-31-32-21-23-40(52(9,10)11)48-46(32)51-43(31)33/h13-29H,1-12H3. The number of hydrogen-bond donors (Lipinski definition) is 0. The van der Waals surface area contributed by atoms with Crippen LogP contribution in [0.4, 0.5) is 0 Å². The van der Waals surface area contributed by atoms with Crippen molar-refractivity contribution in [1.29, 1.82) is 0 Å². The first kappa shape index (κ1) is 35.6. The van der Waals surface area contributed by atoms with Gasteiger partial charge in [-0.1, -0.05) is 123 Å². The van der Waals surface area contributed by atoms with Crippen molar-refractivity contribution < 1.29 is 8.83 Å². The zero-order chi connectivity index (χ0) is 37.7. The van der Waals surface area contributed by atoms with E-state index in [4.69, 9.17) is 18.8 Å². The van der Waals surface area contributed by atoms with Gasteiger partial charge in [-0.05, 0) is 70.9 Å². The lowest BCUT2D eigenvalue weighted by Crippen LogP contribution is -2.50. The Morgan fingerprint density at radius 2 is 1.36 bits per heavy atom. The zero-order valence-electron chi connectivity index (χ0n) is 33.5. The summed E-state index contributed by atoms with van der Waals surface area (Å²) in [6, 6.07) is 28.8. The molecule has 0 saturated heterocycles. The molecule has 0 aliphatic rings. The Balaban J connectivity index is 1.46. The molecule has 0 aliphatic heterocycles. The van der Waals surface area contributed by atoms with E-state index in [1.807, 2.05) is 0 Å². The van der Waals surface area contributed by atoms with Gasteiger partial charge in [0, 0.05) is 32.4 Å². The van der Waals surface area contributed by atoms with Crippen LogP contribution in [0.25, 0.3) is 72.1 Å². The number of pyridine rings is 1. The van der Waals surface area contributed by atoms with Crippen LogP contribution in [0, 0.1) is 0 Å². The van der Waals surface area contributed by atoms with Crippen molar-refractivity contribution in [2.45, 2.75) is 104 Å². The number of hydrogen-bond acceptors (Lipinski definition) is 4. The van der Waals surface area contributed by atoms with Crippen LogP contribution in [0.2, 0.25) is 37.3 Å². The van der Waals surface area contributed by atoms with Gasteiger partial charge in [-0.2, -0.15) is 0 Å². The molecule has 0 saturated carbocycles. The average Bonchev–Trinajstić information content (AvgIpc) is 3.80. The zero-order valence-corrected chi connectivity index (χ0v) is 35.5. The maximum Gasteiger partial charge on any atom is 0.227 e. The van der Waals surface area contributed by atoms with Crippen molar-refractivity contribution in [2.24, 2.45) is 0 Å². The van der Waals surface area contributed by atoms with Crippen LogP contribution in [-0.4, -0.2) is 30.7 Å². The van der Waals surface area contributed by atoms with E-state index in [0.717, 1.165) is 60.9 Å². The van der Waals surface area contributed by atoms with E-state index in [0.29, 0.717) is 16.8 Å². The lowest BCUT2D eigenvalue weighted by molar-refractivity contribution is 0.654. The summed E-state index contributed by atoms with van der Waals surface area (Å²) in [4.78, 5) is 10.5. The second-order valence-electron chi connectivity index (χ2n) is 17.7. The fraction of sp³-hybridized carbons (Fsp3) is 0.348. The van der Waals surface area contributed by atoms with Gasteiger partial charge in [-0.3, -0.25) is 4.57 Å². The molecule has 0 atom stereocenters. The molecule has 0 unspecified atom stereocenters. The highest BCUT2D eigenvalue weighted by Gasteiger charge is 2.37. The van der Waals surface area contributed by atoms with Crippen LogP contribution in [0.15, 0.2) is 87.7 Å². The third-order valence-corrected chi connectivity index (χ3v) is 20.3. The van der Waals surface area contributed by atoms with Gasteiger partial charge < -0.3 is 8.83 Å². The maximum atomic E-state index is 6.97. The SMILES string of the molecule is CC(C)c1cc2c(oc3ccc([Si](C)(C(C)C)C(C)C)cc32)c(C(C)C)c1-n1c(-c2cccc3c2oc2nc([Si](C)(C)C)ccc23)nc2ccccc21. The molecule has 0 radical (unpaired) electrons. The molecule has 0 amide bonds. The number of aromatic nitrogens is 3. The Bertz CT molecular complexity index is 2690. The van der Waals surface area contributed by atoms with Crippen molar-refractivity contribution >= 4 is 81.7 Å².